The molecule has 1 amide bonds. The highest BCUT2D eigenvalue weighted by atomic mass is 35.5. The van der Waals surface area contributed by atoms with E-state index in [1.165, 1.54) is 4.90 Å². The predicted molar refractivity (Wildman–Crippen MR) is 145 cm³/mol. The molecule has 0 bridgehead atoms. The Morgan fingerprint density at radius 3 is 2.15 bits per heavy atom. The van der Waals surface area contributed by atoms with Gasteiger partial charge >= 0.3 is 12.4 Å². The molecule has 0 radical (unpaired) electrons. The summed E-state index contributed by atoms with van der Waals surface area (Å²) in [5.74, 6) is -0.858. The fourth-order valence-corrected chi connectivity index (χ4v) is 5.20. The van der Waals surface area contributed by atoms with E-state index < -0.39 is 41.0 Å². The van der Waals surface area contributed by atoms with Crippen molar-refractivity contribution in [1.29, 1.82) is 0 Å². The van der Waals surface area contributed by atoms with Crippen LogP contribution in [0.2, 0.25) is 0 Å². The van der Waals surface area contributed by atoms with Gasteiger partial charge in [-0.25, -0.2) is 0 Å². The van der Waals surface area contributed by atoms with Crippen molar-refractivity contribution in [2.75, 3.05) is 19.6 Å². The van der Waals surface area contributed by atoms with Gasteiger partial charge in [-0.3, -0.25) is 14.4 Å². The lowest BCUT2D eigenvalue weighted by atomic mass is 9.97. The zero-order valence-electron chi connectivity index (χ0n) is 21.9. The van der Waals surface area contributed by atoms with Gasteiger partial charge in [-0.1, -0.05) is 42.5 Å². The molecular weight excluding hydrogens is 570 g/mol. The van der Waals surface area contributed by atoms with Gasteiger partial charge in [0.05, 0.1) is 17.3 Å². The SMILES string of the molecule is Cl.Cn1cc(CN2CCN(C(=O)c3cc(C(F)(F)F)cc(C(F)(F)F)c3)[C@H](Cc3ccc4ccccc4c3)C2)cn1. The van der Waals surface area contributed by atoms with E-state index in [4.69, 9.17) is 0 Å². The molecule has 5 rings (SSSR count). The number of aryl methyl sites for hydroxylation is 1. The van der Waals surface area contributed by atoms with Crippen LogP contribution in [0.4, 0.5) is 26.3 Å². The molecule has 218 valence electrons. The predicted octanol–water partition coefficient (Wildman–Crippen LogP) is 6.60. The van der Waals surface area contributed by atoms with Crippen LogP contribution < -0.4 is 0 Å². The van der Waals surface area contributed by atoms with Gasteiger partial charge in [0.15, 0.2) is 0 Å². The van der Waals surface area contributed by atoms with Crippen molar-refractivity contribution in [3.63, 3.8) is 0 Å². The van der Waals surface area contributed by atoms with E-state index in [0.717, 1.165) is 21.9 Å². The average Bonchev–Trinajstić information content (AvgIpc) is 3.31. The maximum Gasteiger partial charge on any atom is 0.416 e. The monoisotopic (exact) mass is 596 g/mol. The first kappa shape index (κ1) is 30.4. The highest BCUT2D eigenvalue weighted by Crippen LogP contribution is 2.37. The number of alkyl halides is 6. The molecule has 0 saturated carbocycles. The molecule has 0 spiro atoms. The molecule has 3 aromatic carbocycles. The van der Waals surface area contributed by atoms with Crippen molar-refractivity contribution in [2.24, 2.45) is 7.05 Å². The van der Waals surface area contributed by atoms with Crippen molar-refractivity contribution < 1.29 is 31.1 Å². The largest absolute Gasteiger partial charge is 0.416 e. The van der Waals surface area contributed by atoms with E-state index in [0.29, 0.717) is 38.2 Å². The summed E-state index contributed by atoms with van der Waals surface area (Å²) < 4.78 is 82.6. The van der Waals surface area contributed by atoms with Crippen LogP contribution in [0, 0.1) is 0 Å². The van der Waals surface area contributed by atoms with Crippen molar-refractivity contribution in [1.82, 2.24) is 19.6 Å². The van der Waals surface area contributed by atoms with Gasteiger partial charge in [-0.05, 0) is 41.0 Å². The topological polar surface area (TPSA) is 41.4 Å². The zero-order valence-corrected chi connectivity index (χ0v) is 22.7. The zero-order chi connectivity index (χ0) is 28.7. The maximum absolute atomic E-state index is 13.6. The summed E-state index contributed by atoms with van der Waals surface area (Å²) in [6, 6.07) is 14.2. The first-order chi connectivity index (χ1) is 18.9. The molecule has 1 aliphatic rings. The minimum Gasteiger partial charge on any atom is -0.333 e. The van der Waals surface area contributed by atoms with E-state index >= 15 is 0 Å². The number of hydrogen-bond acceptors (Lipinski definition) is 3. The highest BCUT2D eigenvalue weighted by Gasteiger charge is 2.39. The molecule has 41 heavy (non-hydrogen) atoms. The normalized spacial score (nSPS) is 16.6. The minimum absolute atomic E-state index is 0. The third kappa shape index (κ3) is 7.02. The summed E-state index contributed by atoms with van der Waals surface area (Å²) in [6.07, 6.45) is -6.09. The second-order valence-electron chi connectivity index (χ2n) is 10.1. The van der Waals surface area contributed by atoms with Crippen LogP contribution >= 0.6 is 12.4 Å². The van der Waals surface area contributed by atoms with Gasteiger partial charge in [-0.2, -0.15) is 31.4 Å². The molecule has 1 aliphatic heterocycles. The molecule has 5 nitrogen and oxygen atoms in total. The third-order valence-electron chi connectivity index (χ3n) is 7.11. The third-order valence-corrected chi connectivity index (χ3v) is 7.11. The molecule has 1 fully saturated rings. The van der Waals surface area contributed by atoms with E-state index in [1.807, 2.05) is 48.7 Å². The Morgan fingerprint density at radius 2 is 1.54 bits per heavy atom. The molecule has 4 aromatic rings. The Labute approximate surface area is 238 Å². The Hall–Kier alpha value is -3.57. The first-order valence-electron chi connectivity index (χ1n) is 12.6. The lowest BCUT2D eigenvalue weighted by molar-refractivity contribution is -0.143. The summed E-state index contributed by atoms with van der Waals surface area (Å²) in [6.45, 7) is 1.49. The Morgan fingerprint density at radius 1 is 0.878 bits per heavy atom. The number of fused-ring (bicyclic) bond motifs is 1. The first-order valence-corrected chi connectivity index (χ1v) is 12.6. The molecule has 0 unspecified atom stereocenters. The molecule has 0 aliphatic carbocycles. The summed E-state index contributed by atoms with van der Waals surface area (Å²) in [7, 11) is 1.80. The van der Waals surface area contributed by atoms with E-state index in [1.54, 1.807) is 17.9 Å². The van der Waals surface area contributed by atoms with Crippen LogP contribution in [0.3, 0.4) is 0 Å². The second kappa shape index (κ2) is 11.7. The van der Waals surface area contributed by atoms with E-state index in [-0.39, 0.29) is 25.0 Å². The summed E-state index contributed by atoms with van der Waals surface area (Å²) in [4.78, 5) is 17.1. The van der Waals surface area contributed by atoms with Crippen LogP contribution in [0.25, 0.3) is 10.8 Å². The number of benzene rings is 3. The molecule has 1 saturated heterocycles. The van der Waals surface area contributed by atoms with Gasteiger partial charge in [0.2, 0.25) is 0 Å². The van der Waals surface area contributed by atoms with Crippen LogP contribution in [0.1, 0.15) is 32.6 Å². The number of nitrogens with zero attached hydrogens (tertiary/aromatic N) is 4. The highest BCUT2D eigenvalue weighted by molar-refractivity contribution is 5.95. The van der Waals surface area contributed by atoms with Crippen molar-refractivity contribution in [3.05, 3.63) is 101 Å². The minimum atomic E-state index is -5.04. The van der Waals surface area contributed by atoms with Crippen LogP contribution in [-0.2, 0) is 32.4 Å². The number of aromatic nitrogens is 2. The molecule has 12 heteroatoms. The van der Waals surface area contributed by atoms with Crippen LogP contribution in [-0.4, -0.2) is 51.2 Å². The Balaban J connectivity index is 0.00000387. The standard InChI is InChI=1S/C29H26F6N4O.ClH/c1-37-16-20(15-36-37)17-38-8-9-39(26(18-38)11-19-6-7-21-4-2-3-5-22(21)10-19)27(40)23-12-24(28(30,31)32)14-25(13-23)29(33,34)35;/h2-7,10,12-16,26H,8-9,11,17-18H2,1H3;1H/t26-;/m1./s1. The molecule has 2 heterocycles. The number of carbonyl (C=O) groups is 1. The summed E-state index contributed by atoms with van der Waals surface area (Å²) in [5.41, 5.74) is -1.78. The quantitative estimate of drug-likeness (QED) is 0.244. The summed E-state index contributed by atoms with van der Waals surface area (Å²) >= 11 is 0. The lowest BCUT2D eigenvalue weighted by Crippen LogP contribution is -2.55. The fraction of sp³-hybridized carbons (Fsp3) is 0.310. The molecule has 0 N–H and O–H groups in total. The summed E-state index contributed by atoms with van der Waals surface area (Å²) in [5, 5.41) is 6.20. The Kier molecular flexibility index (Phi) is 8.70. The van der Waals surface area contributed by atoms with E-state index in [2.05, 4.69) is 10.00 Å². The van der Waals surface area contributed by atoms with Crippen molar-refractivity contribution >= 4 is 29.1 Å². The lowest BCUT2D eigenvalue weighted by Gasteiger charge is -2.41. The number of hydrogen-bond donors (Lipinski definition) is 0. The fourth-order valence-electron chi connectivity index (χ4n) is 5.20. The number of halogens is 7. The van der Waals surface area contributed by atoms with Crippen molar-refractivity contribution in [3.8, 4) is 0 Å². The smallest absolute Gasteiger partial charge is 0.333 e. The second-order valence-corrected chi connectivity index (χ2v) is 10.1. The van der Waals surface area contributed by atoms with Gasteiger partial charge in [-0.15, -0.1) is 12.4 Å². The molecule has 1 aromatic heterocycles. The number of carbonyl (C=O) groups excluding carboxylic acids is 1. The van der Waals surface area contributed by atoms with Crippen LogP contribution in [0.15, 0.2) is 73.1 Å². The van der Waals surface area contributed by atoms with Gasteiger partial charge in [0.25, 0.3) is 5.91 Å². The van der Waals surface area contributed by atoms with Crippen molar-refractivity contribution in [2.45, 2.75) is 31.4 Å². The van der Waals surface area contributed by atoms with Crippen LogP contribution in [0.5, 0.6) is 0 Å². The van der Waals surface area contributed by atoms with Gasteiger partial charge in [0, 0.05) is 56.6 Å². The van der Waals surface area contributed by atoms with Gasteiger partial charge < -0.3 is 4.90 Å². The Bertz CT molecular complexity index is 1500. The van der Waals surface area contributed by atoms with E-state index in [9.17, 15) is 31.1 Å². The maximum atomic E-state index is 13.6. The average molecular weight is 597 g/mol. The number of amides is 1. The van der Waals surface area contributed by atoms with Gasteiger partial charge in [0.1, 0.15) is 0 Å². The molecular formula is C29H27ClF6N4O. The number of piperazine rings is 1. The molecule has 1 atom stereocenters. The number of rotatable bonds is 5.